The van der Waals surface area contributed by atoms with Crippen LogP contribution in [0.3, 0.4) is 0 Å². The van der Waals surface area contributed by atoms with Gasteiger partial charge in [0.1, 0.15) is 11.0 Å². The Bertz CT molecular complexity index is 1270. The van der Waals surface area contributed by atoms with Gasteiger partial charge in [-0.1, -0.05) is 29.8 Å². The van der Waals surface area contributed by atoms with Crippen molar-refractivity contribution in [3.05, 3.63) is 72.1 Å². The summed E-state index contributed by atoms with van der Waals surface area (Å²) in [6, 6.07) is 7.09. The van der Waals surface area contributed by atoms with Crippen molar-refractivity contribution < 1.29 is 9.90 Å². The fourth-order valence-electron chi connectivity index (χ4n) is 3.16. The lowest BCUT2D eigenvalue weighted by Gasteiger charge is -2.19. The molecule has 1 atom stereocenters. The summed E-state index contributed by atoms with van der Waals surface area (Å²) in [6.07, 6.45) is -0.554. The first-order valence-corrected chi connectivity index (χ1v) is 8.61. The van der Waals surface area contributed by atoms with E-state index >= 15 is 0 Å². The first kappa shape index (κ1) is 19.6. The van der Waals surface area contributed by atoms with Crippen molar-refractivity contribution in [2.45, 2.75) is 12.5 Å². The summed E-state index contributed by atoms with van der Waals surface area (Å²) in [7, 11) is 2.70. The topological polar surface area (TPSA) is 129 Å². The molecule has 146 valence electrons. The molecule has 0 spiro atoms. The Morgan fingerprint density at radius 1 is 1.11 bits per heavy atom. The van der Waals surface area contributed by atoms with Crippen LogP contribution in [0.4, 0.5) is 0 Å². The molecule has 1 aromatic carbocycles. The minimum absolute atomic E-state index is 0.000532. The highest BCUT2D eigenvalue weighted by Gasteiger charge is 2.26. The number of aromatic nitrogens is 3. The molecule has 3 N–H and O–H groups in total. The lowest BCUT2D eigenvalue weighted by atomic mass is 10.0. The molecule has 1 unspecified atom stereocenters. The Hall–Kier alpha value is -3.17. The molecule has 3 aromatic rings. The van der Waals surface area contributed by atoms with E-state index in [-0.39, 0.29) is 21.6 Å². The number of carboxylic acid groups (broad SMARTS) is 1. The largest absolute Gasteiger partial charge is 0.481 e. The molecule has 2 aromatic heterocycles. The number of benzene rings is 1. The molecule has 9 nitrogen and oxygen atoms in total. The molecule has 0 bridgehead atoms. The van der Waals surface area contributed by atoms with E-state index < -0.39 is 35.2 Å². The van der Waals surface area contributed by atoms with E-state index in [1.807, 2.05) is 0 Å². The third-order valence-electron chi connectivity index (χ3n) is 4.51. The maximum atomic E-state index is 13.3. The van der Waals surface area contributed by atoms with E-state index in [0.717, 1.165) is 13.7 Å². The van der Waals surface area contributed by atoms with Gasteiger partial charge >= 0.3 is 11.7 Å². The lowest BCUT2D eigenvalue weighted by molar-refractivity contribution is -0.137. The smallest absolute Gasteiger partial charge is 0.332 e. The lowest BCUT2D eigenvalue weighted by Crippen LogP contribution is -2.41. The number of hydrogen-bond donors (Lipinski definition) is 2. The first-order chi connectivity index (χ1) is 13.2. The molecular formula is C18H17ClN4O5. The quantitative estimate of drug-likeness (QED) is 0.652. The maximum Gasteiger partial charge on any atom is 0.332 e. The SMILES string of the molecule is Cn1c(=O)c2c(Cl)c(C(N)CC(=O)O)c(=O)n(-c3ccccc3)c2n(C)c1=O. The number of carbonyl (C=O) groups is 1. The van der Waals surface area contributed by atoms with Gasteiger partial charge in [0, 0.05) is 20.1 Å². The van der Waals surface area contributed by atoms with Gasteiger partial charge in [-0.05, 0) is 12.1 Å². The Morgan fingerprint density at radius 2 is 1.71 bits per heavy atom. The van der Waals surface area contributed by atoms with E-state index in [2.05, 4.69) is 0 Å². The number of fused-ring (bicyclic) bond motifs is 1. The minimum Gasteiger partial charge on any atom is -0.481 e. The molecule has 28 heavy (non-hydrogen) atoms. The summed E-state index contributed by atoms with van der Waals surface area (Å²) in [5, 5.41) is 8.72. The van der Waals surface area contributed by atoms with E-state index in [0.29, 0.717) is 5.69 Å². The van der Waals surface area contributed by atoms with Crippen molar-refractivity contribution in [1.82, 2.24) is 13.7 Å². The van der Waals surface area contributed by atoms with Gasteiger partial charge in [-0.15, -0.1) is 0 Å². The number of nitrogens with zero attached hydrogens (tertiary/aromatic N) is 3. The normalized spacial score (nSPS) is 12.3. The van der Waals surface area contributed by atoms with E-state index in [1.165, 1.54) is 14.1 Å². The number of halogens is 1. The molecule has 3 rings (SSSR count). The van der Waals surface area contributed by atoms with Crippen LogP contribution in [0.5, 0.6) is 0 Å². The van der Waals surface area contributed by atoms with Crippen LogP contribution in [-0.2, 0) is 18.9 Å². The maximum absolute atomic E-state index is 13.3. The average molecular weight is 405 g/mol. The monoisotopic (exact) mass is 404 g/mol. The Morgan fingerprint density at radius 3 is 2.29 bits per heavy atom. The zero-order chi connectivity index (χ0) is 20.7. The third kappa shape index (κ3) is 2.94. The molecule has 2 heterocycles. The number of hydrogen-bond acceptors (Lipinski definition) is 5. The van der Waals surface area contributed by atoms with Crippen LogP contribution in [0.2, 0.25) is 5.02 Å². The van der Waals surface area contributed by atoms with Gasteiger partial charge in [0.2, 0.25) is 0 Å². The Balaban J connectivity index is 2.63. The van der Waals surface area contributed by atoms with Gasteiger partial charge in [-0.2, -0.15) is 0 Å². The van der Waals surface area contributed by atoms with Gasteiger partial charge in [0.15, 0.2) is 0 Å². The summed E-state index contributed by atoms with van der Waals surface area (Å²) >= 11 is 6.37. The number of aliphatic carboxylic acids is 1. The van der Waals surface area contributed by atoms with Crippen LogP contribution in [0.25, 0.3) is 16.7 Å². The van der Waals surface area contributed by atoms with Gasteiger partial charge in [-0.25, -0.2) is 4.79 Å². The van der Waals surface area contributed by atoms with E-state index in [9.17, 15) is 19.2 Å². The molecule has 10 heteroatoms. The molecule has 0 aliphatic carbocycles. The van der Waals surface area contributed by atoms with Gasteiger partial charge < -0.3 is 10.8 Å². The van der Waals surface area contributed by atoms with Crippen molar-refractivity contribution >= 4 is 28.6 Å². The molecule has 0 aliphatic rings. The summed E-state index contributed by atoms with van der Waals surface area (Å²) < 4.78 is 3.16. The number of aryl methyl sites for hydroxylation is 1. The zero-order valence-corrected chi connectivity index (χ0v) is 15.8. The molecule has 0 radical (unpaired) electrons. The Kier molecular flexibility index (Phi) is 4.97. The van der Waals surface area contributed by atoms with Crippen molar-refractivity contribution in [3.8, 4) is 5.69 Å². The van der Waals surface area contributed by atoms with Crippen LogP contribution >= 0.6 is 11.6 Å². The van der Waals surface area contributed by atoms with Crippen LogP contribution in [0.1, 0.15) is 18.0 Å². The summed E-state index contributed by atoms with van der Waals surface area (Å²) in [6.45, 7) is 0. The molecule has 0 fully saturated rings. The molecule has 0 saturated heterocycles. The Labute approximate surface area is 162 Å². The predicted octanol–water partition coefficient (Wildman–Crippen LogP) is 0.516. The molecule has 0 aliphatic heterocycles. The zero-order valence-electron chi connectivity index (χ0n) is 15.0. The fourth-order valence-corrected chi connectivity index (χ4v) is 3.55. The molecule has 0 amide bonds. The molecular weight excluding hydrogens is 388 g/mol. The summed E-state index contributed by atoms with van der Waals surface area (Å²) in [5.41, 5.74) is 4.07. The highest BCUT2D eigenvalue weighted by molar-refractivity contribution is 6.36. The second-order valence-corrected chi connectivity index (χ2v) is 6.69. The number of para-hydroxylation sites is 1. The van der Waals surface area contributed by atoms with Gasteiger partial charge in [0.25, 0.3) is 11.1 Å². The van der Waals surface area contributed by atoms with Gasteiger partial charge in [0.05, 0.1) is 22.7 Å². The summed E-state index contributed by atoms with van der Waals surface area (Å²) in [4.78, 5) is 49.6. The van der Waals surface area contributed by atoms with Crippen molar-refractivity contribution in [2.75, 3.05) is 0 Å². The number of carboxylic acids is 1. The minimum atomic E-state index is -1.24. The third-order valence-corrected chi connectivity index (χ3v) is 4.91. The van der Waals surface area contributed by atoms with Gasteiger partial charge in [-0.3, -0.25) is 28.1 Å². The number of nitrogens with two attached hydrogens (primary N) is 1. The fraction of sp³-hybridized carbons (Fsp3) is 0.222. The predicted molar refractivity (Wildman–Crippen MR) is 104 cm³/mol. The standard InChI is InChI=1S/C18H17ClN4O5/c1-21-15-13(16(26)22(2)18(21)28)14(19)12(10(20)8-11(24)25)17(27)23(15)9-6-4-3-5-7-9/h3-7,10H,8,20H2,1-2H3,(H,24,25). The second-order valence-electron chi connectivity index (χ2n) is 6.31. The van der Waals surface area contributed by atoms with Crippen molar-refractivity contribution in [2.24, 2.45) is 19.8 Å². The summed E-state index contributed by atoms with van der Waals surface area (Å²) in [5.74, 6) is -1.22. The van der Waals surface area contributed by atoms with Crippen LogP contribution in [0, 0.1) is 0 Å². The van der Waals surface area contributed by atoms with Crippen LogP contribution < -0.4 is 22.5 Å². The van der Waals surface area contributed by atoms with Crippen molar-refractivity contribution in [3.63, 3.8) is 0 Å². The van der Waals surface area contributed by atoms with Crippen molar-refractivity contribution in [1.29, 1.82) is 0 Å². The average Bonchev–Trinajstić information content (AvgIpc) is 2.64. The van der Waals surface area contributed by atoms with Crippen LogP contribution in [-0.4, -0.2) is 24.8 Å². The highest BCUT2D eigenvalue weighted by Crippen LogP contribution is 2.27. The number of rotatable bonds is 4. The first-order valence-electron chi connectivity index (χ1n) is 8.23. The molecule has 0 saturated carbocycles. The van der Waals surface area contributed by atoms with E-state index in [1.54, 1.807) is 30.3 Å². The number of pyridine rings is 1. The van der Waals surface area contributed by atoms with Crippen LogP contribution in [0.15, 0.2) is 44.7 Å². The second kappa shape index (κ2) is 7.10. The van der Waals surface area contributed by atoms with E-state index in [4.69, 9.17) is 22.4 Å². The highest BCUT2D eigenvalue weighted by atomic mass is 35.5.